The van der Waals surface area contributed by atoms with Gasteiger partial charge in [-0.1, -0.05) is 0 Å². The maximum Gasteiger partial charge on any atom is 0.124 e. The highest BCUT2D eigenvalue weighted by Crippen LogP contribution is 2.09. The fourth-order valence-corrected chi connectivity index (χ4v) is 1.05. The smallest absolute Gasteiger partial charge is 0.124 e. The van der Waals surface area contributed by atoms with Gasteiger partial charge in [0.25, 0.3) is 0 Å². The number of nitrogens with zero attached hydrogens (tertiary/aromatic N) is 2. The molecule has 0 atom stereocenters. The normalized spacial score (nSPS) is 8.89. The van der Waals surface area contributed by atoms with Crippen LogP contribution in [0.25, 0.3) is 0 Å². The topological polar surface area (TPSA) is 62.7 Å². The van der Waals surface area contributed by atoms with Gasteiger partial charge in [0, 0.05) is 6.54 Å². The van der Waals surface area contributed by atoms with Crippen LogP contribution < -0.4 is 5.73 Å². The first-order valence-corrected chi connectivity index (χ1v) is 3.23. The molecule has 0 aliphatic carbocycles. The zero-order chi connectivity index (χ0) is 6.69. The highest BCUT2D eigenvalue weighted by Gasteiger charge is 1.95. The van der Waals surface area contributed by atoms with E-state index in [0.717, 1.165) is 5.01 Å². The van der Waals surface area contributed by atoms with Crippen LogP contribution in [-0.2, 0) is 6.54 Å². The molecule has 2 N–H and O–H groups in total. The van der Waals surface area contributed by atoms with Crippen LogP contribution in [0, 0.1) is 11.3 Å². The molecule has 0 aliphatic rings. The van der Waals surface area contributed by atoms with Gasteiger partial charge in [0.2, 0.25) is 0 Å². The predicted molar refractivity (Wildman–Crippen MR) is 34.7 cm³/mol. The first-order valence-electron chi connectivity index (χ1n) is 2.41. The third-order valence-corrected chi connectivity index (χ3v) is 1.76. The fourth-order valence-electron chi connectivity index (χ4n) is 0.456. The molecule has 0 fully saturated rings. The highest BCUT2D eigenvalue weighted by atomic mass is 32.1. The van der Waals surface area contributed by atoms with Gasteiger partial charge >= 0.3 is 0 Å². The monoisotopic (exact) mass is 139 g/mol. The van der Waals surface area contributed by atoms with Crippen molar-refractivity contribution in [3.63, 3.8) is 0 Å². The van der Waals surface area contributed by atoms with E-state index >= 15 is 0 Å². The number of aromatic nitrogens is 1. The Kier molecular flexibility index (Phi) is 1.78. The summed E-state index contributed by atoms with van der Waals surface area (Å²) in [6.45, 7) is 0.423. The summed E-state index contributed by atoms with van der Waals surface area (Å²) >= 11 is 1.34. The van der Waals surface area contributed by atoms with Gasteiger partial charge in [-0.05, 0) is 0 Å². The molecule has 0 amide bonds. The van der Waals surface area contributed by atoms with Crippen LogP contribution in [0.15, 0.2) is 6.20 Å². The van der Waals surface area contributed by atoms with Gasteiger partial charge in [-0.15, -0.1) is 11.3 Å². The molecule has 0 saturated carbocycles. The molecule has 0 aliphatic heterocycles. The third kappa shape index (κ3) is 1.25. The summed E-state index contributed by atoms with van der Waals surface area (Å²) in [6, 6.07) is 1.98. The van der Waals surface area contributed by atoms with E-state index in [-0.39, 0.29) is 0 Å². The Bertz CT molecular complexity index is 235. The quantitative estimate of drug-likeness (QED) is 0.615. The Morgan fingerprint density at radius 1 is 1.89 bits per heavy atom. The molecule has 0 bridgehead atoms. The van der Waals surface area contributed by atoms with E-state index in [9.17, 15) is 0 Å². The summed E-state index contributed by atoms with van der Waals surface area (Å²) < 4.78 is 0. The average molecular weight is 139 g/mol. The van der Waals surface area contributed by atoms with Crippen LogP contribution in [0.3, 0.4) is 0 Å². The van der Waals surface area contributed by atoms with E-state index in [0.29, 0.717) is 11.4 Å². The van der Waals surface area contributed by atoms with Crippen molar-refractivity contribution in [2.24, 2.45) is 5.73 Å². The molecule has 1 aromatic heterocycles. The van der Waals surface area contributed by atoms with Gasteiger partial charge in [-0.25, -0.2) is 4.98 Å². The molecule has 1 aromatic rings. The summed E-state index contributed by atoms with van der Waals surface area (Å²) in [7, 11) is 0. The van der Waals surface area contributed by atoms with E-state index in [2.05, 4.69) is 4.98 Å². The maximum atomic E-state index is 8.33. The average Bonchev–Trinajstić information content (AvgIpc) is 2.34. The summed E-state index contributed by atoms with van der Waals surface area (Å²) in [5, 5.41) is 9.14. The minimum atomic E-state index is 0.423. The van der Waals surface area contributed by atoms with Crippen LogP contribution in [0.5, 0.6) is 0 Å². The van der Waals surface area contributed by atoms with Crippen molar-refractivity contribution < 1.29 is 0 Å². The number of hydrogen-bond donors (Lipinski definition) is 1. The second-order valence-corrected chi connectivity index (χ2v) is 2.55. The zero-order valence-corrected chi connectivity index (χ0v) is 5.48. The second kappa shape index (κ2) is 2.58. The number of thiazole rings is 1. The Labute approximate surface area is 56.8 Å². The van der Waals surface area contributed by atoms with Gasteiger partial charge in [-0.2, -0.15) is 5.26 Å². The number of nitriles is 1. The molecule has 1 rings (SSSR count). The van der Waals surface area contributed by atoms with Crippen molar-refractivity contribution >= 4 is 11.3 Å². The maximum absolute atomic E-state index is 8.33. The SMILES string of the molecule is N#Cc1cnc(CN)s1. The molecular formula is C5H5N3S. The molecule has 0 radical (unpaired) electrons. The molecule has 46 valence electrons. The van der Waals surface area contributed by atoms with Gasteiger partial charge in [0.05, 0.1) is 6.20 Å². The highest BCUT2D eigenvalue weighted by molar-refractivity contribution is 7.12. The third-order valence-electron chi connectivity index (χ3n) is 0.838. The summed E-state index contributed by atoms with van der Waals surface area (Å²) in [5.74, 6) is 0. The first kappa shape index (κ1) is 6.20. The van der Waals surface area contributed by atoms with Crippen LogP contribution >= 0.6 is 11.3 Å². The van der Waals surface area contributed by atoms with Gasteiger partial charge in [-0.3, -0.25) is 0 Å². The molecule has 9 heavy (non-hydrogen) atoms. The Morgan fingerprint density at radius 2 is 2.67 bits per heavy atom. The molecular weight excluding hydrogens is 134 g/mol. The summed E-state index contributed by atoms with van der Waals surface area (Å²) in [6.07, 6.45) is 1.53. The fraction of sp³-hybridized carbons (Fsp3) is 0.200. The molecule has 0 spiro atoms. The van der Waals surface area contributed by atoms with Crippen molar-refractivity contribution in [3.05, 3.63) is 16.1 Å². The summed E-state index contributed by atoms with van der Waals surface area (Å²) in [5.41, 5.74) is 5.26. The van der Waals surface area contributed by atoms with Crippen molar-refractivity contribution in [2.45, 2.75) is 6.54 Å². The number of rotatable bonds is 1. The standard InChI is InChI=1S/C5H5N3S/c6-1-4-3-8-5(2-7)9-4/h3H,2,7H2. The van der Waals surface area contributed by atoms with Crippen molar-refractivity contribution in [1.82, 2.24) is 4.98 Å². The summed E-state index contributed by atoms with van der Waals surface area (Å²) in [4.78, 5) is 4.50. The van der Waals surface area contributed by atoms with E-state index < -0.39 is 0 Å². The van der Waals surface area contributed by atoms with Gasteiger partial charge < -0.3 is 5.73 Å². The molecule has 1 heterocycles. The largest absolute Gasteiger partial charge is 0.325 e. The van der Waals surface area contributed by atoms with E-state index in [1.165, 1.54) is 17.5 Å². The van der Waals surface area contributed by atoms with E-state index in [4.69, 9.17) is 11.0 Å². The lowest BCUT2D eigenvalue weighted by Crippen LogP contribution is -1.93. The zero-order valence-electron chi connectivity index (χ0n) is 4.66. The lowest BCUT2D eigenvalue weighted by molar-refractivity contribution is 1.04. The van der Waals surface area contributed by atoms with Crippen LogP contribution in [0.2, 0.25) is 0 Å². The minimum absolute atomic E-state index is 0.423. The molecule has 3 nitrogen and oxygen atoms in total. The Morgan fingerprint density at radius 3 is 3.00 bits per heavy atom. The predicted octanol–water partition coefficient (Wildman–Crippen LogP) is 0.473. The first-order chi connectivity index (χ1) is 4.36. The number of hydrogen-bond acceptors (Lipinski definition) is 4. The number of nitrogens with two attached hydrogens (primary N) is 1. The minimum Gasteiger partial charge on any atom is -0.325 e. The van der Waals surface area contributed by atoms with Crippen molar-refractivity contribution in [1.29, 1.82) is 5.26 Å². The second-order valence-electron chi connectivity index (χ2n) is 1.43. The van der Waals surface area contributed by atoms with Crippen LogP contribution in [0.1, 0.15) is 9.88 Å². The van der Waals surface area contributed by atoms with Crippen molar-refractivity contribution in [3.8, 4) is 6.07 Å². The van der Waals surface area contributed by atoms with Gasteiger partial charge in [0.1, 0.15) is 16.0 Å². The molecule has 4 heteroatoms. The molecule has 0 unspecified atom stereocenters. The van der Waals surface area contributed by atoms with E-state index in [1.807, 2.05) is 6.07 Å². The van der Waals surface area contributed by atoms with E-state index in [1.54, 1.807) is 0 Å². The van der Waals surface area contributed by atoms with Crippen LogP contribution in [0.4, 0.5) is 0 Å². The van der Waals surface area contributed by atoms with Crippen LogP contribution in [-0.4, -0.2) is 4.98 Å². The Hall–Kier alpha value is -0.920. The lowest BCUT2D eigenvalue weighted by atomic mass is 10.6. The van der Waals surface area contributed by atoms with Gasteiger partial charge in [0.15, 0.2) is 0 Å². The van der Waals surface area contributed by atoms with Crippen molar-refractivity contribution in [2.75, 3.05) is 0 Å². The Balaban J connectivity index is 2.90. The molecule has 0 aromatic carbocycles. The molecule has 0 saturated heterocycles. The lowest BCUT2D eigenvalue weighted by Gasteiger charge is -1.78.